The SMILES string of the molecule is CC(CN)C(C)NC(=O)C1C(C)OC(C)C1C. The van der Waals surface area contributed by atoms with E-state index in [0.29, 0.717) is 12.5 Å². The number of nitrogens with two attached hydrogens (primary N) is 1. The summed E-state index contributed by atoms with van der Waals surface area (Å²) in [6, 6.07) is 0.114. The quantitative estimate of drug-likeness (QED) is 0.777. The van der Waals surface area contributed by atoms with Crippen LogP contribution in [0, 0.1) is 17.8 Å². The molecular weight excluding hydrogens is 216 g/mol. The normalized spacial score (nSPS) is 36.6. The van der Waals surface area contributed by atoms with E-state index in [1.54, 1.807) is 0 Å². The molecule has 17 heavy (non-hydrogen) atoms. The van der Waals surface area contributed by atoms with E-state index < -0.39 is 0 Å². The molecule has 6 unspecified atom stereocenters. The van der Waals surface area contributed by atoms with Crippen molar-refractivity contribution in [1.29, 1.82) is 0 Å². The molecule has 0 aromatic rings. The van der Waals surface area contributed by atoms with Gasteiger partial charge in [0.25, 0.3) is 0 Å². The van der Waals surface area contributed by atoms with Gasteiger partial charge in [0.2, 0.25) is 5.91 Å². The number of nitrogens with one attached hydrogen (secondary N) is 1. The largest absolute Gasteiger partial charge is 0.374 e. The van der Waals surface area contributed by atoms with Crippen LogP contribution in [0.4, 0.5) is 0 Å². The second-order valence-corrected chi connectivity index (χ2v) is 5.44. The van der Waals surface area contributed by atoms with Gasteiger partial charge in [-0.3, -0.25) is 4.79 Å². The van der Waals surface area contributed by atoms with Gasteiger partial charge in [0, 0.05) is 6.04 Å². The van der Waals surface area contributed by atoms with Crippen molar-refractivity contribution in [3.8, 4) is 0 Å². The molecule has 0 aliphatic carbocycles. The van der Waals surface area contributed by atoms with Crippen molar-refractivity contribution in [3.05, 3.63) is 0 Å². The van der Waals surface area contributed by atoms with Gasteiger partial charge in [0.05, 0.1) is 18.1 Å². The van der Waals surface area contributed by atoms with E-state index in [2.05, 4.69) is 12.2 Å². The fourth-order valence-corrected chi connectivity index (χ4v) is 2.39. The summed E-state index contributed by atoms with van der Waals surface area (Å²) >= 11 is 0. The number of hydrogen-bond donors (Lipinski definition) is 2. The van der Waals surface area contributed by atoms with Crippen molar-refractivity contribution < 1.29 is 9.53 Å². The van der Waals surface area contributed by atoms with Gasteiger partial charge >= 0.3 is 0 Å². The Hall–Kier alpha value is -0.610. The smallest absolute Gasteiger partial charge is 0.226 e. The van der Waals surface area contributed by atoms with Crippen molar-refractivity contribution in [2.45, 2.75) is 52.9 Å². The number of rotatable bonds is 4. The van der Waals surface area contributed by atoms with Crippen molar-refractivity contribution in [2.24, 2.45) is 23.5 Å². The van der Waals surface area contributed by atoms with E-state index in [4.69, 9.17) is 10.5 Å². The Balaban J connectivity index is 2.58. The molecule has 6 atom stereocenters. The zero-order valence-corrected chi connectivity index (χ0v) is 11.6. The number of carbonyl (C=O) groups is 1. The van der Waals surface area contributed by atoms with E-state index in [0.717, 1.165) is 0 Å². The third kappa shape index (κ3) is 3.19. The minimum absolute atomic E-state index is 0.000354. The third-order valence-electron chi connectivity index (χ3n) is 4.14. The molecule has 0 aromatic carbocycles. The molecule has 3 N–H and O–H groups in total. The Morgan fingerprint density at radius 3 is 2.29 bits per heavy atom. The van der Waals surface area contributed by atoms with Crippen LogP contribution in [0.3, 0.4) is 0 Å². The summed E-state index contributed by atoms with van der Waals surface area (Å²) < 4.78 is 5.69. The highest BCUT2D eigenvalue weighted by Gasteiger charge is 2.41. The highest BCUT2D eigenvalue weighted by molar-refractivity contribution is 5.80. The minimum Gasteiger partial charge on any atom is -0.374 e. The van der Waals surface area contributed by atoms with Crippen molar-refractivity contribution in [1.82, 2.24) is 5.32 Å². The number of hydrogen-bond acceptors (Lipinski definition) is 3. The molecule has 0 spiro atoms. The van der Waals surface area contributed by atoms with Gasteiger partial charge in [-0.05, 0) is 39.2 Å². The molecule has 1 saturated heterocycles. The molecule has 0 radical (unpaired) electrons. The summed E-state index contributed by atoms with van der Waals surface area (Å²) in [5.41, 5.74) is 5.60. The van der Waals surface area contributed by atoms with Crippen LogP contribution in [0.25, 0.3) is 0 Å². The average molecular weight is 242 g/mol. The van der Waals surface area contributed by atoms with Gasteiger partial charge in [0.15, 0.2) is 0 Å². The van der Waals surface area contributed by atoms with Crippen LogP contribution in [0.2, 0.25) is 0 Å². The molecule has 0 bridgehead atoms. The Morgan fingerprint density at radius 1 is 1.29 bits per heavy atom. The maximum Gasteiger partial charge on any atom is 0.226 e. The number of carbonyl (C=O) groups excluding carboxylic acids is 1. The zero-order chi connectivity index (χ0) is 13.2. The van der Waals surface area contributed by atoms with E-state index in [-0.39, 0.29) is 36.0 Å². The standard InChI is InChI=1S/C13H26N2O2/c1-7(6-14)9(3)15-13(16)12-8(2)10(4)17-11(12)5/h7-12H,6,14H2,1-5H3,(H,15,16). The van der Waals surface area contributed by atoms with Crippen molar-refractivity contribution in [2.75, 3.05) is 6.54 Å². The summed E-state index contributed by atoms with van der Waals surface area (Å²) in [4.78, 5) is 12.2. The van der Waals surface area contributed by atoms with Crippen LogP contribution in [0.1, 0.15) is 34.6 Å². The van der Waals surface area contributed by atoms with E-state index in [9.17, 15) is 4.79 Å². The maximum absolute atomic E-state index is 12.2. The first-order valence-electron chi connectivity index (χ1n) is 6.54. The topological polar surface area (TPSA) is 64.3 Å². The minimum atomic E-state index is -0.0441. The monoisotopic (exact) mass is 242 g/mol. The molecule has 1 heterocycles. The Labute approximate surface area is 104 Å². The molecular formula is C13H26N2O2. The molecule has 4 nitrogen and oxygen atoms in total. The fraction of sp³-hybridized carbons (Fsp3) is 0.923. The maximum atomic E-state index is 12.2. The fourth-order valence-electron chi connectivity index (χ4n) is 2.39. The van der Waals surface area contributed by atoms with Gasteiger partial charge in [-0.1, -0.05) is 13.8 Å². The van der Waals surface area contributed by atoms with Gasteiger partial charge in [0.1, 0.15) is 0 Å². The average Bonchev–Trinajstić information content (AvgIpc) is 2.51. The first kappa shape index (κ1) is 14.5. The van der Waals surface area contributed by atoms with Crippen LogP contribution in [0.15, 0.2) is 0 Å². The van der Waals surface area contributed by atoms with Gasteiger partial charge in [-0.15, -0.1) is 0 Å². The molecule has 1 rings (SSSR count). The first-order valence-corrected chi connectivity index (χ1v) is 6.54. The highest BCUT2D eigenvalue weighted by Crippen LogP contribution is 2.32. The molecule has 1 aliphatic heterocycles. The van der Waals surface area contributed by atoms with Crippen LogP contribution in [-0.2, 0) is 9.53 Å². The number of ether oxygens (including phenoxy) is 1. The summed E-state index contributed by atoms with van der Waals surface area (Å²) in [5.74, 6) is 0.620. The molecule has 0 aromatic heterocycles. The lowest BCUT2D eigenvalue weighted by molar-refractivity contribution is -0.128. The van der Waals surface area contributed by atoms with E-state index in [1.807, 2.05) is 27.7 Å². The van der Waals surface area contributed by atoms with E-state index in [1.165, 1.54) is 0 Å². The summed E-state index contributed by atoms with van der Waals surface area (Å²) in [6.07, 6.45) is 0.156. The van der Waals surface area contributed by atoms with Crippen molar-refractivity contribution >= 4 is 5.91 Å². The molecule has 4 heteroatoms. The Morgan fingerprint density at radius 2 is 1.88 bits per heavy atom. The second-order valence-electron chi connectivity index (χ2n) is 5.44. The number of amides is 1. The van der Waals surface area contributed by atoms with Crippen LogP contribution in [0.5, 0.6) is 0 Å². The predicted octanol–water partition coefficient (Wildman–Crippen LogP) is 1.15. The highest BCUT2D eigenvalue weighted by atomic mass is 16.5. The van der Waals surface area contributed by atoms with Crippen LogP contribution >= 0.6 is 0 Å². The third-order valence-corrected chi connectivity index (χ3v) is 4.14. The predicted molar refractivity (Wildman–Crippen MR) is 68.5 cm³/mol. The lowest BCUT2D eigenvalue weighted by Crippen LogP contribution is -2.45. The lowest BCUT2D eigenvalue weighted by atomic mass is 9.88. The van der Waals surface area contributed by atoms with Gasteiger partial charge in [-0.2, -0.15) is 0 Å². The Bertz CT molecular complexity index is 270. The molecule has 1 amide bonds. The van der Waals surface area contributed by atoms with E-state index >= 15 is 0 Å². The summed E-state index contributed by atoms with van der Waals surface area (Å²) in [7, 11) is 0. The summed E-state index contributed by atoms with van der Waals surface area (Å²) in [5, 5.41) is 3.05. The molecule has 0 saturated carbocycles. The van der Waals surface area contributed by atoms with Crippen LogP contribution < -0.4 is 11.1 Å². The molecule has 1 aliphatic rings. The lowest BCUT2D eigenvalue weighted by Gasteiger charge is -2.24. The van der Waals surface area contributed by atoms with Gasteiger partial charge < -0.3 is 15.8 Å². The molecule has 1 fully saturated rings. The first-order chi connectivity index (χ1) is 7.88. The van der Waals surface area contributed by atoms with Crippen molar-refractivity contribution in [3.63, 3.8) is 0 Å². The van der Waals surface area contributed by atoms with Crippen LogP contribution in [-0.4, -0.2) is 30.7 Å². The zero-order valence-electron chi connectivity index (χ0n) is 11.6. The molecule has 100 valence electrons. The van der Waals surface area contributed by atoms with Gasteiger partial charge in [-0.25, -0.2) is 0 Å². The second kappa shape index (κ2) is 5.83. The summed E-state index contributed by atoms with van der Waals surface area (Å²) in [6.45, 7) is 10.7. The Kier molecular flexibility index (Phi) is 4.95.